The van der Waals surface area contributed by atoms with Gasteiger partial charge in [-0.05, 0) is 31.9 Å². The van der Waals surface area contributed by atoms with Crippen molar-refractivity contribution in [3.63, 3.8) is 0 Å². The Bertz CT molecular complexity index is 746. The van der Waals surface area contributed by atoms with E-state index in [2.05, 4.69) is 39.0 Å². The third kappa shape index (κ3) is 7.21. The average Bonchev–Trinajstić information content (AvgIpc) is 3.07. The lowest BCUT2D eigenvalue weighted by molar-refractivity contribution is 0.311. The summed E-state index contributed by atoms with van der Waals surface area (Å²) in [4.78, 5) is 9.10. The topological polar surface area (TPSA) is 72.7 Å². The molecular formula is C20H32IN5O2. The molecule has 0 spiro atoms. The van der Waals surface area contributed by atoms with Gasteiger partial charge in [-0.3, -0.25) is 0 Å². The van der Waals surface area contributed by atoms with Crippen molar-refractivity contribution in [3.05, 3.63) is 36.4 Å². The molecule has 156 valence electrons. The second kappa shape index (κ2) is 12.5. The van der Waals surface area contributed by atoms with E-state index < -0.39 is 0 Å². The van der Waals surface area contributed by atoms with Gasteiger partial charge in [0.25, 0.3) is 0 Å². The summed E-state index contributed by atoms with van der Waals surface area (Å²) >= 11 is 0. The summed E-state index contributed by atoms with van der Waals surface area (Å²) in [6.45, 7) is 11.2. The first-order chi connectivity index (χ1) is 13.1. The second-order valence-corrected chi connectivity index (χ2v) is 6.51. The van der Waals surface area contributed by atoms with Crippen LogP contribution in [0.5, 0.6) is 11.5 Å². The number of anilines is 1. The normalized spacial score (nSPS) is 11.1. The Labute approximate surface area is 185 Å². The number of benzene rings is 1. The molecule has 8 heteroatoms. The summed E-state index contributed by atoms with van der Waals surface area (Å²) < 4.78 is 13.1. The number of hydrogen-bond donors (Lipinski definition) is 2. The summed E-state index contributed by atoms with van der Waals surface area (Å²) in [7, 11) is 1.63. The number of aliphatic imine (C=N–C) groups is 1. The third-order valence-electron chi connectivity index (χ3n) is 3.81. The summed E-state index contributed by atoms with van der Waals surface area (Å²) in [5.41, 5.74) is 0.875. The van der Waals surface area contributed by atoms with Crippen LogP contribution in [-0.4, -0.2) is 35.8 Å². The van der Waals surface area contributed by atoms with Gasteiger partial charge in [0.05, 0.1) is 13.7 Å². The van der Waals surface area contributed by atoms with Gasteiger partial charge < -0.3 is 24.7 Å². The molecule has 0 aliphatic rings. The molecule has 0 atom stereocenters. The van der Waals surface area contributed by atoms with E-state index in [0.29, 0.717) is 30.8 Å². The molecule has 7 nitrogen and oxygen atoms in total. The average molecular weight is 501 g/mol. The monoisotopic (exact) mass is 501 g/mol. The number of imidazole rings is 1. The molecule has 1 aromatic carbocycles. The summed E-state index contributed by atoms with van der Waals surface area (Å²) in [6.07, 6.45) is 3.83. The van der Waals surface area contributed by atoms with Crippen LogP contribution in [0, 0.1) is 5.92 Å². The molecule has 28 heavy (non-hydrogen) atoms. The molecule has 0 radical (unpaired) electrons. The van der Waals surface area contributed by atoms with Crippen molar-refractivity contribution in [1.82, 2.24) is 14.9 Å². The van der Waals surface area contributed by atoms with Gasteiger partial charge in [0.1, 0.15) is 12.4 Å². The molecule has 2 aromatic rings. The van der Waals surface area contributed by atoms with Crippen LogP contribution in [0.15, 0.2) is 35.6 Å². The lowest BCUT2D eigenvalue weighted by atomic mass is 10.2. The van der Waals surface area contributed by atoms with Crippen molar-refractivity contribution in [3.8, 4) is 11.5 Å². The van der Waals surface area contributed by atoms with Gasteiger partial charge in [-0.1, -0.05) is 13.8 Å². The fourth-order valence-corrected chi connectivity index (χ4v) is 2.66. The SMILES string of the molecule is CCNC(=NCc1nccn1CC(C)C)Nc1ccc(OCC)c(OC)c1.I. The molecule has 1 aromatic heterocycles. The molecule has 2 N–H and O–H groups in total. The number of hydrogen-bond acceptors (Lipinski definition) is 4. The van der Waals surface area contributed by atoms with Crippen LogP contribution in [0.3, 0.4) is 0 Å². The Morgan fingerprint density at radius 3 is 2.68 bits per heavy atom. The van der Waals surface area contributed by atoms with Crippen molar-refractivity contribution in [2.45, 2.75) is 40.8 Å². The van der Waals surface area contributed by atoms with Crippen LogP contribution in [-0.2, 0) is 13.1 Å². The Morgan fingerprint density at radius 2 is 2.04 bits per heavy atom. The number of nitrogens with zero attached hydrogens (tertiary/aromatic N) is 3. The Balaban J connectivity index is 0.00000392. The van der Waals surface area contributed by atoms with Crippen LogP contribution in [0.4, 0.5) is 5.69 Å². The highest BCUT2D eigenvalue weighted by Crippen LogP contribution is 2.30. The summed E-state index contributed by atoms with van der Waals surface area (Å²) in [5, 5.41) is 6.57. The van der Waals surface area contributed by atoms with Crippen LogP contribution in [0.1, 0.15) is 33.5 Å². The first kappa shape index (κ1) is 24.1. The lowest BCUT2D eigenvalue weighted by Gasteiger charge is -2.14. The van der Waals surface area contributed by atoms with E-state index in [1.807, 2.05) is 44.4 Å². The van der Waals surface area contributed by atoms with Crippen LogP contribution in [0.2, 0.25) is 0 Å². The van der Waals surface area contributed by atoms with E-state index in [1.165, 1.54) is 0 Å². The third-order valence-corrected chi connectivity index (χ3v) is 3.81. The van der Waals surface area contributed by atoms with Crippen molar-refractivity contribution in [2.24, 2.45) is 10.9 Å². The number of guanidine groups is 1. The maximum atomic E-state index is 5.57. The fourth-order valence-electron chi connectivity index (χ4n) is 2.66. The van der Waals surface area contributed by atoms with Crippen LogP contribution in [0.25, 0.3) is 0 Å². The Morgan fingerprint density at radius 1 is 1.25 bits per heavy atom. The molecule has 0 aliphatic carbocycles. The maximum Gasteiger partial charge on any atom is 0.196 e. The molecule has 0 bridgehead atoms. The van der Waals surface area contributed by atoms with Gasteiger partial charge in [-0.15, -0.1) is 24.0 Å². The zero-order valence-electron chi connectivity index (χ0n) is 17.4. The second-order valence-electron chi connectivity index (χ2n) is 6.51. The molecule has 0 fully saturated rings. The van der Waals surface area contributed by atoms with Crippen molar-refractivity contribution >= 4 is 35.6 Å². The molecule has 0 unspecified atom stereocenters. The van der Waals surface area contributed by atoms with Crippen molar-refractivity contribution < 1.29 is 9.47 Å². The largest absolute Gasteiger partial charge is 0.493 e. The van der Waals surface area contributed by atoms with Crippen molar-refractivity contribution in [2.75, 3.05) is 25.6 Å². The molecule has 1 heterocycles. The summed E-state index contributed by atoms with van der Waals surface area (Å²) in [6, 6.07) is 5.74. The van der Waals surface area contributed by atoms with Gasteiger partial charge in [0.2, 0.25) is 0 Å². The Hall–Kier alpha value is -1.97. The minimum atomic E-state index is 0. The molecular weight excluding hydrogens is 469 g/mol. The standard InChI is InChI=1S/C20H31N5O2.HI/c1-6-21-20(23-13-19-22-10-11-25(19)14-15(3)4)24-16-8-9-17(27-7-2)18(12-16)26-5;/h8-12,15H,6-7,13-14H2,1-5H3,(H2,21,23,24);1H. The number of nitrogens with one attached hydrogen (secondary N) is 2. The van der Waals surface area contributed by atoms with E-state index in [9.17, 15) is 0 Å². The highest BCUT2D eigenvalue weighted by Gasteiger charge is 2.08. The molecule has 0 saturated carbocycles. The number of ether oxygens (including phenoxy) is 2. The van der Waals surface area contributed by atoms with Gasteiger partial charge in [-0.25, -0.2) is 9.98 Å². The first-order valence-corrected chi connectivity index (χ1v) is 9.43. The van der Waals surface area contributed by atoms with E-state index in [1.54, 1.807) is 7.11 Å². The minimum absolute atomic E-state index is 0. The highest BCUT2D eigenvalue weighted by atomic mass is 127. The maximum absolute atomic E-state index is 5.57. The molecule has 0 aliphatic heterocycles. The van der Waals surface area contributed by atoms with E-state index in [4.69, 9.17) is 9.47 Å². The number of aromatic nitrogens is 2. The quantitative estimate of drug-likeness (QED) is 0.307. The molecule has 2 rings (SSSR count). The first-order valence-electron chi connectivity index (χ1n) is 9.43. The number of rotatable bonds is 9. The van der Waals surface area contributed by atoms with Crippen molar-refractivity contribution in [1.29, 1.82) is 0 Å². The molecule has 0 amide bonds. The molecule has 0 saturated heterocycles. The smallest absolute Gasteiger partial charge is 0.196 e. The Kier molecular flexibility index (Phi) is 10.7. The van der Waals surface area contributed by atoms with E-state index in [-0.39, 0.29) is 24.0 Å². The predicted octanol–water partition coefficient (Wildman–Crippen LogP) is 4.14. The fraction of sp³-hybridized carbons (Fsp3) is 0.500. The minimum Gasteiger partial charge on any atom is -0.493 e. The zero-order valence-corrected chi connectivity index (χ0v) is 19.7. The van der Waals surface area contributed by atoms with E-state index >= 15 is 0 Å². The lowest BCUT2D eigenvalue weighted by Crippen LogP contribution is -2.30. The van der Waals surface area contributed by atoms with E-state index in [0.717, 1.165) is 30.4 Å². The zero-order chi connectivity index (χ0) is 19.6. The van der Waals surface area contributed by atoms with Gasteiger partial charge in [0, 0.05) is 37.2 Å². The predicted molar refractivity (Wildman–Crippen MR) is 125 cm³/mol. The summed E-state index contributed by atoms with van der Waals surface area (Å²) in [5.74, 6) is 3.62. The number of methoxy groups -OCH3 is 1. The van der Waals surface area contributed by atoms with Gasteiger partial charge in [-0.2, -0.15) is 0 Å². The van der Waals surface area contributed by atoms with Crippen LogP contribution >= 0.6 is 24.0 Å². The van der Waals surface area contributed by atoms with Gasteiger partial charge in [0.15, 0.2) is 17.5 Å². The van der Waals surface area contributed by atoms with Gasteiger partial charge >= 0.3 is 0 Å². The number of halogens is 1. The highest BCUT2D eigenvalue weighted by molar-refractivity contribution is 14.0. The van der Waals surface area contributed by atoms with Crippen LogP contribution < -0.4 is 20.1 Å².